The lowest BCUT2D eigenvalue weighted by Gasteiger charge is -2.27. The van der Waals surface area contributed by atoms with Gasteiger partial charge in [0.1, 0.15) is 11.8 Å². The van der Waals surface area contributed by atoms with Crippen LogP contribution in [0.15, 0.2) is 53.4 Å². The zero-order chi connectivity index (χ0) is 21.8. The maximum atomic E-state index is 13.7. The van der Waals surface area contributed by atoms with Gasteiger partial charge in [0.25, 0.3) is 0 Å². The van der Waals surface area contributed by atoms with E-state index in [2.05, 4.69) is 5.32 Å². The van der Waals surface area contributed by atoms with Gasteiger partial charge in [-0.25, -0.2) is 4.21 Å². The van der Waals surface area contributed by atoms with Gasteiger partial charge >= 0.3 is 6.18 Å². The fourth-order valence-electron chi connectivity index (χ4n) is 3.04. The fraction of sp³-hybridized carbons (Fsp3) is 0.381. The van der Waals surface area contributed by atoms with Gasteiger partial charge in [0.15, 0.2) is 11.1 Å². The Hall–Kier alpha value is -2.03. The van der Waals surface area contributed by atoms with E-state index in [4.69, 9.17) is 4.55 Å². The second kappa shape index (κ2) is 9.65. The van der Waals surface area contributed by atoms with Crippen molar-refractivity contribution in [2.45, 2.75) is 50.3 Å². The van der Waals surface area contributed by atoms with Crippen molar-refractivity contribution in [1.29, 1.82) is 0 Å². The third-order valence-electron chi connectivity index (χ3n) is 4.53. The summed E-state index contributed by atoms with van der Waals surface area (Å²) in [5.41, 5.74) is 1.41. The van der Waals surface area contributed by atoms with Crippen LogP contribution in [0, 0.1) is 5.92 Å². The molecule has 8 heteroatoms. The van der Waals surface area contributed by atoms with Crippen molar-refractivity contribution >= 4 is 16.9 Å². The molecule has 0 aliphatic rings. The lowest BCUT2D eigenvalue weighted by molar-refractivity contribution is -0.160. The van der Waals surface area contributed by atoms with E-state index in [9.17, 15) is 22.2 Å². The minimum atomic E-state index is -4.56. The van der Waals surface area contributed by atoms with E-state index < -0.39 is 29.3 Å². The Morgan fingerprint density at radius 1 is 1.03 bits per heavy atom. The lowest BCUT2D eigenvalue weighted by Crippen LogP contribution is -2.44. The van der Waals surface area contributed by atoms with Gasteiger partial charge in [0, 0.05) is 0 Å². The smallest absolute Gasteiger partial charge is 0.302 e. The first kappa shape index (κ1) is 23.3. The summed E-state index contributed by atoms with van der Waals surface area (Å²) in [6, 6.07) is 9.29. The van der Waals surface area contributed by atoms with Crippen LogP contribution in [0.1, 0.15) is 38.8 Å². The van der Waals surface area contributed by atoms with Crippen LogP contribution in [-0.2, 0) is 15.9 Å². The molecule has 0 aromatic heterocycles. The van der Waals surface area contributed by atoms with Crippen LogP contribution in [0.4, 0.5) is 13.2 Å². The number of Topliss-reactive ketones (excluding diaryl/α,β-unsaturated/α-hetero) is 1. The van der Waals surface area contributed by atoms with Crippen molar-refractivity contribution in [1.82, 2.24) is 5.32 Å². The molecule has 0 aliphatic carbocycles. The molecule has 2 N–H and O–H groups in total. The molecule has 3 atom stereocenters. The summed E-state index contributed by atoms with van der Waals surface area (Å²) in [4.78, 5) is 12.1. The average Bonchev–Trinajstić information content (AvgIpc) is 2.64. The zero-order valence-electron chi connectivity index (χ0n) is 16.4. The molecule has 158 valence electrons. The molecule has 0 bridgehead atoms. The van der Waals surface area contributed by atoms with Crippen LogP contribution in [0.25, 0.3) is 11.1 Å². The minimum absolute atomic E-state index is 0.0179. The number of hydrogen-bond donors (Lipinski definition) is 2. The number of ketones is 1. The molecule has 0 amide bonds. The minimum Gasteiger partial charge on any atom is -0.302 e. The van der Waals surface area contributed by atoms with Crippen molar-refractivity contribution in [2.75, 3.05) is 0 Å². The third kappa shape index (κ3) is 6.48. The van der Waals surface area contributed by atoms with Crippen LogP contribution in [0.2, 0.25) is 0 Å². The molecule has 0 saturated carbocycles. The van der Waals surface area contributed by atoms with Gasteiger partial charge in [-0.2, -0.15) is 13.2 Å². The normalized spacial score (nSPS) is 15.2. The van der Waals surface area contributed by atoms with E-state index >= 15 is 0 Å². The highest BCUT2D eigenvalue weighted by Gasteiger charge is 2.42. The van der Waals surface area contributed by atoms with Crippen LogP contribution >= 0.6 is 0 Å². The first-order valence-electron chi connectivity index (χ1n) is 9.13. The molecule has 0 saturated heterocycles. The topological polar surface area (TPSA) is 66.4 Å². The highest BCUT2D eigenvalue weighted by molar-refractivity contribution is 7.79. The Morgan fingerprint density at radius 3 is 1.90 bits per heavy atom. The highest BCUT2D eigenvalue weighted by Crippen LogP contribution is 2.34. The van der Waals surface area contributed by atoms with Crippen molar-refractivity contribution in [3.05, 3.63) is 54.1 Å². The standard InChI is InChI=1S/C21H24F3NO3S/c1-13(2)12-19(14(3)26)25-20(21(22,23)24)17-6-4-15(5-7-17)16-8-10-18(11-9-16)29(27)28/h4-11,13,19-20,25H,12H2,1-3H3,(H,27,28)/t19-,20-/m0/s1. The Morgan fingerprint density at radius 2 is 1.52 bits per heavy atom. The van der Waals surface area contributed by atoms with Crippen molar-refractivity contribution in [2.24, 2.45) is 5.92 Å². The van der Waals surface area contributed by atoms with Gasteiger partial charge in [0.05, 0.1) is 10.9 Å². The van der Waals surface area contributed by atoms with E-state index in [1.165, 1.54) is 31.2 Å². The molecule has 0 radical (unpaired) electrons. The summed E-state index contributed by atoms with van der Waals surface area (Å²) in [7, 11) is 0. The Labute approximate surface area is 170 Å². The molecule has 0 fully saturated rings. The molecule has 2 aromatic carbocycles. The molecular formula is C21H24F3NO3S. The molecule has 0 aliphatic heterocycles. The molecule has 0 spiro atoms. The Kier molecular flexibility index (Phi) is 7.73. The number of alkyl halides is 3. The largest absolute Gasteiger partial charge is 0.407 e. The average molecular weight is 427 g/mol. The number of carbonyl (C=O) groups excluding carboxylic acids is 1. The van der Waals surface area contributed by atoms with E-state index in [0.29, 0.717) is 17.5 Å². The first-order valence-corrected chi connectivity index (χ1v) is 10.2. The number of carbonyl (C=O) groups is 1. The zero-order valence-corrected chi connectivity index (χ0v) is 17.2. The van der Waals surface area contributed by atoms with Crippen molar-refractivity contribution in [3.8, 4) is 11.1 Å². The van der Waals surface area contributed by atoms with E-state index in [1.807, 2.05) is 13.8 Å². The van der Waals surface area contributed by atoms with Crippen LogP contribution < -0.4 is 5.32 Å². The summed E-state index contributed by atoms with van der Waals surface area (Å²) in [6.07, 6.45) is -4.24. The molecule has 1 unspecified atom stereocenters. The maximum absolute atomic E-state index is 13.7. The van der Waals surface area contributed by atoms with Gasteiger partial charge in [-0.1, -0.05) is 50.2 Å². The number of hydrogen-bond acceptors (Lipinski definition) is 3. The fourth-order valence-corrected chi connectivity index (χ4v) is 3.40. The predicted molar refractivity (Wildman–Crippen MR) is 107 cm³/mol. The first-order chi connectivity index (χ1) is 13.5. The van der Waals surface area contributed by atoms with Crippen LogP contribution in [-0.4, -0.2) is 26.8 Å². The summed E-state index contributed by atoms with van der Waals surface area (Å²) in [6.45, 7) is 5.00. The third-order valence-corrected chi connectivity index (χ3v) is 5.20. The quantitative estimate of drug-likeness (QED) is 0.573. The van der Waals surface area contributed by atoms with Gasteiger partial charge in [-0.05, 0) is 48.1 Å². The van der Waals surface area contributed by atoms with Crippen LogP contribution in [0.5, 0.6) is 0 Å². The molecule has 2 rings (SSSR count). The van der Waals surface area contributed by atoms with Crippen LogP contribution in [0.3, 0.4) is 0 Å². The Balaban J connectivity index is 2.28. The van der Waals surface area contributed by atoms with Crippen molar-refractivity contribution in [3.63, 3.8) is 0 Å². The summed E-state index contributed by atoms with van der Waals surface area (Å²) >= 11 is -2.09. The number of nitrogens with one attached hydrogen (secondary N) is 1. The summed E-state index contributed by atoms with van der Waals surface area (Å²) < 4.78 is 61.2. The number of halogens is 3. The monoisotopic (exact) mass is 427 g/mol. The highest BCUT2D eigenvalue weighted by atomic mass is 32.2. The van der Waals surface area contributed by atoms with Gasteiger partial charge in [-0.3, -0.25) is 10.1 Å². The molecular weight excluding hydrogens is 403 g/mol. The second-order valence-corrected chi connectivity index (χ2v) is 8.30. The lowest BCUT2D eigenvalue weighted by atomic mass is 9.96. The predicted octanol–water partition coefficient (Wildman–Crippen LogP) is 5.13. The van der Waals surface area contributed by atoms with E-state index in [0.717, 1.165) is 0 Å². The summed E-state index contributed by atoms with van der Waals surface area (Å²) in [5.74, 6) is -0.255. The molecule has 0 heterocycles. The number of benzene rings is 2. The second-order valence-electron chi connectivity index (χ2n) is 7.33. The molecule has 2 aromatic rings. The number of rotatable bonds is 8. The molecule has 4 nitrogen and oxygen atoms in total. The SMILES string of the molecule is CC(=O)[C@H](CC(C)C)N[C@@H](c1ccc(-c2ccc(S(=O)O)cc2)cc1)C(F)(F)F. The van der Waals surface area contributed by atoms with Gasteiger partial charge < -0.3 is 4.55 Å². The van der Waals surface area contributed by atoms with Gasteiger partial charge in [0.2, 0.25) is 0 Å². The van der Waals surface area contributed by atoms with E-state index in [-0.39, 0.29) is 22.2 Å². The maximum Gasteiger partial charge on any atom is 0.407 e. The van der Waals surface area contributed by atoms with E-state index in [1.54, 1.807) is 24.3 Å². The Bertz CT molecular complexity index is 849. The molecule has 29 heavy (non-hydrogen) atoms. The summed E-state index contributed by atoms with van der Waals surface area (Å²) in [5, 5.41) is 2.48. The van der Waals surface area contributed by atoms with Gasteiger partial charge in [-0.15, -0.1) is 0 Å². The van der Waals surface area contributed by atoms with Crippen molar-refractivity contribution < 1.29 is 26.7 Å².